The maximum Gasteiger partial charge on any atom is 0.256 e. The highest BCUT2D eigenvalue weighted by Crippen LogP contribution is 2.34. The number of carbonyl (C=O) groups excluding carboxylic acids is 1. The van der Waals surface area contributed by atoms with Crippen molar-refractivity contribution in [2.45, 2.75) is 19.6 Å². The van der Waals surface area contributed by atoms with Crippen molar-refractivity contribution >= 4 is 16.8 Å². The molecule has 3 heterocycles. The molecular weight excluding hydrogens is 402 g/mol. The first kappa shape index (κ1) is 17.1. The number of hydrogen-bond donors (Lipinski definition) is 1. The van der Waals surface area contributed by atoms with Gasteiger partial charge in [0.2, 0.25) is 0 Å². The van der Waals surface area contributed by atoms with E-state index in [1.54, 1.807) is 31.6 Å². The zero-order valence-electron chi connectivity index (χ0n) is 18.4. The van der Waals surface area contributed by atoms with Crippen LogP contribution in [0.25, 0.3) is 22.0 Å². The van der Waals surface area contributed by atoms with E-state index >= 15 is 8.78 Å². The molecule has 0 aliphatic carbocycles. The molecule has 1 aliphatic rings. The highest BCUT2D eigenvalue weighted by atomic mass is 19.2. The van der Waals surface area contributed by atoms with Crippen LogP contribution in [0, 0.1) is 11.6 Å². The van der Waals surface area contributed by atoms with Crippen molar-refractivity contribution in [2.24, 2.45) is 7.05 Å². The van der Waals surface area contributed by atoms with Gasteiger partial charge in [-0.1, -0.05) is 24.3 Å². The van der Waals surface area contributed by atoms with Gasteiger partial charge in [0.15, 0.2) is 11.6 Å². The van der Waals surface area contributed by atoms with Crippen LogP contribution in [-0.4, -0.2) is 30.7 Å². The van der Waals surface area contributed by atoms with Crippen LogP contribution < -0.4 is 0 Å². The molecule has 1 amide bonds. The second kappa shape index (κ2) is 7.24. The fourth-order valence-corrected chi connectivity index (χ4v) is 3.98. The van der Waals surface area contributed by atoms with Crippen molar-refractivity contribution in [2.75, 3.05) is 0 Å². The van der Waals surface area contributed by atoms with Crippen molar-refractivity contribution in [1.29, 1.82) is 0 Å². The maximum atomic E-state index is 15.2. The Morgan fingerprint density at radius 1 is 1.10 bits per heavy atom. The Morgan fingerprint density at radius 3 is 2.65 bits per heavy atom. The second-order valence-corrected chi connectivity index (χ2v) is 7.40. The number of hydrogen-bond acceptors (Lipinski definition) is 4. The number of rotatable bonds is 4. The Balaban J connectivity index is 1.53. The minimum absolute atomic E-state index is 0.0306. The Hall–Kier alpha value is -3.65. The number of nitrogens with zero attached hydrogens (tertiary/aromatic N) is 4. The number of halogens is 2. The normalized spacial score (nSPS) is 14.7. The number of aliphatic hydroxyl groups is 1. The second-order valence-electron chi connectivity index (χ2n) is 7.40. The van der Waals surface area contributed by atoms with Gasteiger partial charge in [-0.15, -0.1) is 0 Å². The molecule has 5 rings (SSSR count). The Bertz CT molecular complexity index is 1430. The Kier molecular flexibility index (Phi) is 3.99. The van der Waals surface area contributed by atoms with Crippen LogP contribution in [-0.2, 0) is 26.7 Å². The SMILES string of the molecule is [2H]C([2H])(O)c1ccc(-c2ccc(CN3Cc4ncccc4C3=O)c(F)c2F)c2cn(C)nc12. The van der Waals surface area contributed by atoms with Crippen LogP contribution in [0.5, 0.6) is 0 Å². The lowest BCUT2D eigenvalue weighted by Gasteiger charge is -2.17. The van der Waals surface area contributed by atoms with E-state index in [-0.39, 0.29) is 41.2 Å². The summed E-state index contributed by atoms with van der Waals surface area (Å²) in [5, 5.41) is 14.4. The van der Waals surface area contributed by atoms with Crippen molar-refractivity contribution in [1.82, 2.24) is 19.7 Å². The average Bonchev–Trinajstić information content (AvgIpc) is 3.30. The predicted molar refractivity (Wildman–Crippen MR) is 110 cm³/mol. The summed E-state index contributed by atoms with van der Waals surface area (Å²) >= 11 is 0. The maximum absolute atomic E-state index is 15.2. The molecule has 0 unspecified atom stereocenters. The first-order chi connectivity index (χ1) is 15.6. The van der Waals surface area contributed by atoms with Gasteiger partial charge >= 0.3 is 0 Å². The minimum Gasteiger partial charge on any atom is -0.392 e. The van der Waals surface area contributed by atoms with E-state index in [0.29, 0.717) is 22.2 Å². The van der Waals surface area contributed by atoms with E-state index in [0.717, 1.165) is 0 Å². The van der Waals surface area contributed by atoms with E-state index < -0.39 is 18.2 Å². The quantitative estimate of drug-likeness (QED) is 0.546. The van der Waals surface area contributed by atoms with Crippen LogP contribution in [0.2, 0.25) is 0 Å². The third-order valence-electron chi connectivity index (χ3n) is 5.47. The molecule has 1 N–H and O–H groups in total. The van der Waals surface area contributed by atoms with E-state index in [1.807, 2.05) is 0 Å². The van der Waals surface area contributed by atoms with Crippen molar-refractivity contribution < 1.29 is 21.4 Å². The van der Waals surface area contributed by atoms with Gasteiger partial charge in [0, 0.05) is 48.1 Å². The van der Waals surface area contributed by atoms with Crippen molar-refractivity contribution in [3.63, 3.8) is 0 Å². The molecule has 8 heteroatoms. The number of carbonyl (C=O) groups is 1. The molecule has 6 nitrogen and oxygen atoms in total. The third kappa shape index (κ3) is 3.07. The molecule has 2 aromatic heterocycles. The fourth-order valence-electron chi connectivity index (χ4n) is 3.98. The topological polar surface area (TPSA) is 71.2 Å². The van der Waals surface area contributed by atoms with Crippen molar-refractivity contribution in [3.05, 3.63) is 82.8 Å². The molecule has 0 atom stereocenters. The molecular formula is C23H18F2N4O2. The fraction of sp³-hybridized carbons (Fsp3) is 0.174. The zero-order chi connectivity index (χ0) is 23.5. The Morgan fingerprint density at radius 2 is 1.87 bits per heavy atom. The van der Waals surface area contributed by atoms with E-state index in [1.165, 1.54) is 33.8 Å². The molecule has 4 aromatic rings. The number of benzene rings is 2. The summed E-state index contributed by atoms with van der Waals surface area (Å²) in [7, 11) is 1.61. The molecule has 31 heavy (non-hydrogen) atoms. The van der Waals surface area contributed by atoms with Gasteiger partial charge in [0.25, 0.3) is 5.91 Å². The molecule has 0 fully saturated rings. The van der Waals surface area contributed by atoms with Crippen molar-refractivity contribution in [3.8, 4) is 11.1 Å². The first-order valence-corrected chi connectivity index (χ1v) is 9.55. The number of fused-ring (bicyclic) bond motifs is 2. The molecule has 0 bridgehead atoms. The Labute approximate surface area is 179 Å². The van der Waals surface area contributed by atoms with E-state index in [4.69, 9.17) is 2.74 Å². The van der Waals surface area contributed by atoms with Gasteiger partial charge in [-0.3, -0.25) is 14.5 Å². The van der Waals surface area contributed by atoms with Crippen LogP contribution in [0.3, 0.4) is 0 Å². The van der Waals surface area contributed by atoms with E-state index in [9.17, 15) is 9.90 Å². The zero-order valence-corrected chi connectivity index (χ0v) is 16.4. The minimum atomic E-state index is -2.65. The summed E-state index contributed by atoms with van der Waals surface area (Å²) in [5.74, 6) is -2.43. The lowest BCUT2D eigenvalue weighted by atomic mass is 9.97. The number of aromatic nitrogens is 3. The van der Waals surface area contributed by atoms with Crippen LogP contribution in [0.4, 0.5) is 8.78 Å². The van der Waals surface area contributed by atoms with Gasteiger partial charge in [-0.05, 0) is 17.7 Å². The molecule has 0 saturated heterocycles. The van der Waals surface area contributed by atoms with Gasteiger partial charge < -0.3 is 10.0 Å². The standard InChI is InChI=1S/C23H18F2N4O2/c1-28-10-18-15(6-5-14(12-30)22(18)27-28)16-7-4-13(20(24)21(16)25)9-29-11-19-17(23(29)31)3-2-8-26-19/h2-8,10,30H,9,11-12H2,1H3/i12D2. The van der Waals surface area contributed by atoms with Crippen LogP contribution in [0.1, 0.15) is 29.9 Å². The molecule has 2 aromatic carbocycles. The van der Waals surface area contributed by atoms with Gasteiger partial charge in [-0.2, -0.15) is 5.10 Å². The molecule has 1 aliphatic heterocycles. The summed E-state index contributed by atoms with van der Waals surface area (Å²) in [6, 6.07) is 8.90. The van der Waals surface area contributed by atoms with Gasteiger partial charge in [0.1, 0.15) is 0 Å². The highest BCUT2D eigenvalue weighted by Gasteiger charge is 2.29. The molecule has 0 radical (unpaired) electrons. The van der Waals surface area contributed by atoms with Crippen LogP contribution >= 0.6 is 0 Å². The average molecular weight is 422 g/mol. The predicted octanol–water partition coefficient (Wildman–Crippen LogP) is 3.56. The number of aryl methyl sites for hydroxylation is 1. The first-order valence-electron chi connectivity index (χ1n) is 10.5. The molecule has 0 saturated carbocycles. The summed E-state index contributed by atoms with van der Waals surface area (Å²) in [4.78, 5) is 18.1. The number of pyridine rings is 1. The number of amides is 1. The van der Waals surface area contributed by atoms with E-state index in [2.05, 4.69) is 10.1 Å². The van der Waals surface area contributed by atoms with Gasteiger partial charge in [-0.25, -0.2) is 8.78 Å². The monoisotopic (exact) mass is 422 g/mol. The van der Waals surface area contributed by atoms with Gasteiger partial charge in [0.05, 0.1) is 32.6 Å². The lowest BCUT2D eigenvalue weighted by Crippen LogP contribution is -2.24. The summed E-state index contributed by atoms with van der Waals surface area (Å²) in [6.45, 7) is -2.53. The third-order valence-corrected chi connectivity index (χ3v) is 5.47. The largest absolute Gasteiger partial charge is 0.392 e. The highest BCUT2D eigenvalue weighted by molar-refractivity contribution is 5.98. The lowest BCUT2D eigenvalue weighted by molar-refractivity contribution is 0.0764. The summed E-state index contributed by atoms with van der Waals surface area (Å²) in [6.07, 6.45) is 3.13. The molecule has 0 spiro atoms. The smallest absolute Gasteiger partial charge is 0.256 e. The van der Waals surface area contributed by atoms with Crippen LogP contribution in [0.15, 0.2) is 48.8 Å². The summed E-state index contributed by atoms with van der Waals surface area (Å²) in [5.41, 5.74) is 1.45. The molecule has 156 valence electrons. The summed E-state index contributed by atoms with van der Waals surface area (Å²) < 4.78 is 46.9.